The highest BCUT2D eigenvalue weighted by Crippen LogP contribution is 2.31. The van der Waals surface area contributed by atoms with E-state index in [0.29, 0.717) is 6.42 Å². The van der Waals surface area contributed by atoms with Crippen LogP contribution < -0.4 is 0 Å². The van der Waals surface area contributed by atoms with Gasteiger partial charge in [0.1, 0.15) is 0 Å². The van der Waals surface area contributed by atoms with Crippen molar-refractivity contribution in [3.05, 3.63) is 71.3 Å². The maximum atomic E-state index is 12.4. The quantitative estimate of drug-likeness (QED) is 0.792. The van der Waals surface area contributed by atoms with Gasteiger partial charge >= 0.3 is 0 Å². The van der Waals surface area contributed by atoms with Gasteiger partial charge < -0.3 is 0 Å². The summed E-state index contributed by atoms with van der Waals surface area (Å²) in [6.07, 6.45) is 1.63. The summed E-state index contributed by atoms with van der Waals surface area (Å²) < 4.78 is 0. The molecule has 1 unspecified atom stereocenters. The smallest absolute Gasteiger partial charge is 0.164 e. The van der Waals surface area contributed by atoms with Gasteiger partial charge in [0.15, 0.2) is 5.78 Å². The van der Waals surface area contributed by atoms with Gasteiger partial charge in [0.25, 0.3) is 0 Å². The second kappa shape index (κ2) is 5.59. The lowest BCUT2D eigenvalue weighted by molar-refractivity contribution is 0.0927. The molecule has 0 saturated heterocycles. The second-order valence-corrected chi connectivity index (χ2v) is 5.44. The molecule has 0 saturated carbocycles. The van der Waals surface area contributed by atoms with Crippen molar-refractivity contribution in [3.8, 4) is 0 Å². The summed E-state index contributed by atoms with van der Waals surface area (Å²) in [6, 6.07) is 18.3. The molecule has 0 N–H and O–H groups in total. The van der Waals surface area contributed by atoms with Crippen molar-refractivity contribution in [1.82, 2.24) is 4.90 Å². The molecule has 1 heterocycles. The minimum absolute atomic E-state index is 0.202. The summed E-state index contributed by atoms with van der Waals surface area (Å²) in [5, 5.41) is 0. The molecule has 2 heteroatoms. The van der Waals surface area contributed by atoms with Crippen LogP contribution in [-0.2, 0) is 6.42 Å². The maximum Gasteiger partial charge on any atom is 0.164 e. The van der Waals surface area contributed by atoms with Gasteiger partial charge in [-0.25, -0.2) is 0 Å². The Labute approximate surface area is 120 Å². The number of Topliss-reactive ketones (excluding diaryl/α,β-unsaturated/α-hetero) is 1. The van der Waals surface area contributed by atoms with Crippen LogP contribution in [0.5, 0.6) is 0 Å². The number of ketones is 1. The largest absolute Gasteiger partial charge is 0.299 e. The maximum absolute atomic E-state index is 12.4. The van der Waals surface area contributed by atoms with Crippen molar-refractivity contribution in [2.24, 2.45) is 0 Å². The molecule has 2 aromatic rings. The van der Waals surface area contributed by atoms with Crippen LogP contribution in [0.15, 0.2) is 54.6 Å². The van der Waals surface area contributed by atoms with E-state index in [1.54, 1.807) is 0 Å². The average Bonchev–Trinajstić information content (AvgIpc) is 2.51. The summed E-state index contributed by atoms with van der Waals surface area (Å²) >= 11 is 0. The van der Waals surface area contributed by atoms with Crippen molar-refractivity contribution in [3.63, 3.8) is 0 Å². The fraction of sp³-hybridized carbons (Fsp3) is 0.278. The SMILES string of the molecule is CN1CCc2ccccc2C1CC(=O)c1ccccc1. The standard InChI is InChI=1S/C18H19NO/c1-19-12-11-14-7-5-6-10-16(14)17(19)13-18(20)15-8-3-2-4-9-15/h2-10,17H,11-13H2,1H3. The molecule has 0 amide bonds. The molecular formula is C18H19NO. The third-order valence-electron chi connectivity index (χ3n) is 4.15. The number of likely N-dealkylation sites (N-methyl/N-ethyl adjacent to an activating group) is 1. The molecule has 3 rings (SSSR count). The topological polar surface area (TPSA) is 20.3 Å². The molecule has 0 bridgehead atoms. The summed E-state index contributed by atoms with van der Waals surface area (Å²) in [7, 11) is 2.11. The molecular weight excluding hydrogens is 246 g/mol. The molecule has 2 nitrogen and oxygen atoms in total. The lowest BCUT2D eigenvalue weighted by Crippen LogP contribution is -2.33. The van der Waals surface area contributed by atoms with Gasteiger partial charge in [0.05, 0.1) is 0 Å². The molecule has 0 aliphatic carbocycles. The van der Waals surface area contributed by atoms with Crippen molar-refractivity contribution in [1.29, 1.82) is 0 Å². The Morgan fingerprint density at radius 3 is 2.60 bits per heavy atom. The first-order valence-corrected chi connectivity index (χ1v) is 7.12. The minimum Gasteiger partial charge on any atom is -0.299 e. The highest BCUT2D eigenvalue weighted by atomic mass is 16.1. The van der Waals surface area contributed by atoms with Gasteiger partial charge in [-0.05, 0) is 24.6 Å². The second-order valence-electron chi connectivity index (χ2n) is 5.44. The lowest BCUT2D eigenvalue weighted by atomic mass is 9.89. The van der Waals surface area contributed by atoms with E-state index in [-0.39, 0.29) is 11.8 Å². The van der Waals surface area contributed by atoms with Crippen LogP contribution in [0.4, 0.5) is 0 Å². The Bertz CT molecular complexity index is 606. The molecule has 0 aromatic heterocycles. The zero-order valence-corrected chi connectivity index (χ0v) is 11.8. The Morgan fingerprint density at radius 2 is 1.80 bits per heavy atom. The number of nitrogens with zero attached hydrogens (tertiary/aromatic N) is 1. The monoisotopic (exact) mass is 265 g/mol. The van der Waals surface area contributed by atoms with E-state index >= 15 is 0 Å². The van der Waals surface area contributed by atoms with E-state index in [1.165, 1.54) is 11.1 Å². The number of hydrogen-bond acceptors (Lipinski definition) is 2. The predicted octanol–water partition coefficient (Wildman–Crippen LogP) is 3.49. The van der Waals surface area contributed by atoms with Gasteiger partial charge in [-0.3, -0.25) is 9.69 Å². The fourth-order valence-electron chi connectivity index (χ4n) is 2.96. The number of benzene rings is 2. The first-order valence-electron chi connectivity index (χ1n) is 7.12. The van der Waals surface area contributed by atoms with Crippen LogP contribution in [0.25, 0.3) is 0 Å². The Balaban J connectivity index is 1.85. The van der Waals surface area contributed by atoms with E-state index in [2.05, 4.69) is 36.2 Å². The molecule has 0 fully saturated rings. The number of hydrogen-bond donors (Lipinski definition) is 0. The predicted molar refractivity (Wildman–Crippen MR) is 80.9 cm³/mol. The van der Waals surface area contributed by atoms with Gasteiger partial charge in [-0.1, -0.05) is 54.6 Å². The molecule has 0 radical (unpaired) electrons. The molecule has 0 spiro atoms. The molecule has 1 atom stereocenters. The molecule has 20 heavy (non-hydrogen) atoms. The Kier molecular flexibility index (Phi) is 3.66. The van der Waals surface area contributed by atoms with Gasteiger partial charge in [0, 0.05) is 24.6 Å². The minimum atomic E-state index is 0.202. The van der Waals surface area contributed by atoms with E-state index in [0.717, 1.165) is 18.5 Å². The zero-order valence-electron chi connectivity index (χ0n) is 11.8. The summed E-state index contributed by atoms with van der Waals surface area (Å²) in [5.41, 5.74) is 3.51. The van der Waals surface area contributed by atoms with E-state index in [9.17, 15) is 4.79 Å². The number of rotatable bonds is 3. The van der Waals surface area contributed by atoms with Crippen LogP contribution in [-0.4, -0.2) is 24.3 Å². The zero-order chi connectivity index (χ0) is 13.9. The van der Waals surface area contributed by atoms with Gasteiger partial charge in [-0.2, -0.15) is 0 Å². The summed E-state index contributed by atoms with van der Waals surface area (Å²) in [6.45, 7) is 1.02. The van der Waals surface area contributed by atoms with Crippen LogP contribution >= 0.6 is 0 Å². The Hall–Kier alpha value is -1.93. The number of fused-ring (bicyclic) bond motifs is 1. The van der Waals surface area contributed by atoms with Crippen LogP contribution in [0, 0.1) is 0 Å². The summed E-state index contributed by atoms with van der Waals surface area (Å²) in [4.78, 5) is 14.7. The first kappa shape index (κ1) is 13.1. The molecule has 1 aliphatic rings. The van der Waals surface area contributed by atoms with E-state index in [1.807, 2.05) is 30.3 Å². The average molecular weight is 265 g/mol. The van der Waals surface area contributed by atoms with Crippen molar-refractivity contribution >= 4 is 5.78 Å². The fourth-order valence-corrected chi connectivity index (χ4v) is 2.96. The number of carbonyl (C=O) groups is 1. The number of carbonyl (C=O) groups excluding carboxylic acids is 1. The molecule has 1 aliphatic heterocycles. The van der Waals surface area contributed by atoms with Crippen molar-refractivity contribution < 1.29 is 4.79 Å². The molecule has 102 valence electrons. The van der Waals surface area contributed by atoms with Crippen LogP contribution in [0.1, 0.15) is 33.9 Å². The highest BCUT2D eigenvalue weighted by Gasteiger charge is 2.26. The van der Waals surface area contributed by atoms with Crippen molar-refractivity contribution in [2.45, 2.75) is 18.9 Å². The normalized spacial score (nSPS) is 18.6. The lowest BCUT2D eigenvalue weighted by Gasteiger charge is -2.34. The van der Waals surface area contributed by atoms with Gasteiger partial charge in [0.2, 0.25) is 0 Å². The first-order chi connectivity index (χ1) is 9.75. The van der Waals surface area contributed by atoms with E-state index in [4.69, 9.17) is 0 Å². The van der Waals surface area contributed by atoms with Gasteiger partial charge in [-0.15, -0.1) is 0 Å². The van der Waals surface area contributed by atoms with Crippen LogP contribution in [0.3, 0.4) is 0 Å². The summed E-state index contributed by atoms with van der Waals surface area (Å²) in [5.74, 6) is 0.221. The van der Waals surface area contributed by atoms with Crippen molar-refractivity contribution in [2.75, 3.05) is 13.6 Å². The van der Waals surface area contributed by atoms with E-state index < -0.39 is 0 Å². The highest BCUT2D eigenvalue weighted by molar-refractivity contribution is 5.96. The third-order valence-corrected chi connectivity index (χ3v) is 4.15. The molecule has 2 aromatic carbocycles. The van der Waals surface area contributed by atoms with Crippen LogP contribution in [0.2, 0.25) is 0 Å². The third kappa shape index (κ3) is 2.52. The Morgan fingerprint density at radius 1 is 1.10 bits per heavy atom.